The Morgan fingerprint density at radius 1 is 1.60 bits per heavy atom. The first-order valence-electron chi connectivity index (χ1n) is 5.32. The minimum atomic E-state index is -0.847. The van der Waals surface area contributed by atoms with Gasteiger partial charge in [0.25, 0.3) is 0 Å². The van der Waals surface area contributed by atoms with E-state index in [4.69, 9.17) is 5.11 Å². The average Bonchev–Trinajstić information content (AvgIpc) is 2.61. The molecule has 1 atom stereocenters. The van der Waals surface area contributed by atoms with Crippen molar-refractivity contribution < 1.29 is 9.90 Å². The van der Waals surface area contributed by atoms with Crippen LogP contribution in [0.5, 0.6) is 0 Å². The average molecular weight is 205 g/mol. The summed E-state index contributed by atoms with van der Waals surface area (Å²) in [6, 6.07) is 5.77. The molecule has 3 heteroatoms. The highest BCUT2D eigenvalue weighted by Crippen LogP contribution is 2.31. The van der Waals surface area contributed by atoms with Gasteiger partial charge in [0.05, 0.1) is 5.56 Å². The largest absolute Gasteiger partial charge is 0.478 e. The molecule has 0 aromatic heterocycles. The summed E-state index contributed by atoms with van der Waals surface area (Å²) in [5.41, 5.74) is 2.83. The van der Waals surface area contributed by atoms with E-state index in [9.17, 15) is 4.79 Å². The number of hydrogen-bond donors (Lipinski definition) is 2. The second kappa shape index (κ2) is 4.03. The fourth-order valence-corrected chi connectivity index (χ4v) is 2.19. The summed E-state index contributed by atoms with van der Waals surface area (Å²) in [6.07, 6.45) is 2.12. The predicted molar refractivity (Wildman–Crippen MR) is 58.1 cm³/mol. The molecule has 1 aliphatic rings. The molecule has 0 spiro atoms. The van der Waals surface area contributed by atoms with Crippen LogP contribution in [0.3, 0.4) is 0 Å². The van der Waals surface area contributed by atoms with E-state index in [0.717, 1.165) is 24.9 Å². The van der Waals surface area contributed by atoms with E-state index in [0.29, 0.717) is 11.6 Å². The van der Waals surface area contributed by atoms with Crippen LogP contribution in [0.15, 0.2) is 18.2 Å². The number of carbonyl (C=O) groups is 1. The van der Waals surface area contributed by atoms with Crippen molar-refractivity contribution in [3.05, 3.63) is 34.9 Å². The van der Waals surface area contributed by atoms with Crippen LogP contribution in [0.4, 0.5) is 0 Å². The number of fused-ring (bicyclic) bond motifs is 1. The van der Waals surface area contributed by atoms with E-state index in [2.05, 4.69) is 12.2 Å². The summed E-state index contributed by atoms with van der Waals surface area (Å²) >= 11 is 0. The van der Waals surface area contributed by atoms with Crippen LogP contribution in [0, 0.1) is 0 Å². The van der Waals surface area contributed by atoms with Crippen molar-refractivity contribution in [3.63, 3.8) is 0 Å². The second-order valence-electron chi connectivity index (χ2n) is 3.87. The number of aryl methyl sites for hydroxylation is 1. The van der Waals surface area contributed by atoms with Gasteiger partial charge < -0.3 is 10.4 Å². The molecule has 2 rings (SSSR count). The van der Waals surface area contributed by atoms with E-state index >= 15 is 0 Å². The van der Waals surface area contributed by atoms with Crippen LogP contribution in [0.25, 0.3) is 0 Å². The maximum atomic E-state index is 10.8. The van der Waals surface area contributed by atoms with Crippen LogP contribution in [-0.4, -0.2) is 17.6 Å². The lowest BCUT2D eigenvalue weighted by molar-refractivity contribution is 0.0697. The molecule has 1 aliphatic carbocycles. The zero-order valence-corrected chi connectivity index (χ0v) is 8.79. The molecule has 1 unspecified atom stereocenters. The van der Waals surface area contributed by atoms with Gasteiger partial charge >= 0.3 is 5.97 Å². The number of carboxylic acid groups (broad SMARTS) is 1. The molecule has 0 amide bonds. The molecule has 0 saturated heterocycles. The van der Waals surface area contributed by atoms with Gasteiger partial charge in [0.15, 0.2) is 0 Å². The number of nitrogens with one attached hydrogen (secondary N) is 1. The van der Waals surface area contributed by atoms with Crippen molar-refractivity contribution in [2.24, 2.45) is 0 Å². The summed E-state index contributed by atoms with van der Waals surface area (Å²) in [7, 11) is 0. The van der Waals surface area contributed by atoms with Crippen molar-refractivity contribution in [1.29, 1.82) is 0 Å². The highest BCUT2D eigenvalue weighted by molar-refractivity contribution is 5.88. The minimum Gasteiger partial charge on any atom is -0.478 e. The highest BCUT2D eigenvalue weighted by atomic mass is 16.4. The summed E-state index contributed by atoms with van der Waals surface area (Å²) in [5, 5.41) is 12.3. The highest BCUT2D eigenvalue weighted by Gasteiger charge is 2.22. The zero-order valence-electron chi connectivity index (χ0n) is 8.79. The van der Waals surface area contributed by atoms with Crippen LogP contribution < -0.4 is 5.32 Å². The van der Waals surface area contributed by atoms with Gasteiger partial charge in [-0.05, 0) is 42.6 Å². The van der Waals surface area contributed by atoms with Crippen molar-refractivity contribution in [2.45, 2.75) is 25.8 Å². The molecule has 80 valence electrons. The van der Waals surface area contributed by atoms with Crippen molar-refractivity contribution >= 4 is 5.97 Å². The molecular weight excluding hydrogens is 190 g/mol. The van der Waals surface area contributed by atoms with Crippen molar-refractivity contribution in [3.8, 4) is 0 Å². The number of benzene rings is 1. The minimum absolute atomic E-state index is 0.337. The number of rotatable bonds is 3. The monoisotopic (exact) mass is 205 g/mol. The number of carboxylic acids is 1. The van der Waals surface area contributed by atoms with Crippen molar-refractivity contribution in [2.75, 3.05) is 6.54 Å². The summed E-state index contributed by atoms with van der Waals surface area (Å²) < 4.78 is 0. The first kappa shape index (κ1) is 10.2. The van der Waals surface area contributed by atoms with Gasteiger partial charge in [-0.25, -0.2) is 4.79 Å². The van der Waals surface area contributed by atoms with Crippen LogP contribution >= 0.6 is 0 Å². The first-order valence-corrected chi connectivity index (χ1v) is 5.32. The maximum absolute atomic E-state index is 10.8. The molecule has 0 saturated carbocycles. The molecule has 0 fully saturated rings. The Morgan fingerprint density at radius 3 is 3.07 bits per heavy atom. The van der Waals surface area contributed by atoms with Gasteiger partial charge in [-0.15, -0.1) is 0 Å². The van der Waals surface area contributed by atoms with E-state index in [1.807, 2.05) is 6.07 Å². The molecule has 0 radical (unpaired) electrons. The Balaban J connectivity index is 2.33. The molecule has 1 aromatic rings. The van der Waals surface area contributed by atoms with E-state index in [-0.39, 0.29) is 0 Å². The van der Waals surface area contributed by atoms with E-state index in [1.165, 1.54) is 5.56 Å². The van der Waals surface area contributed by atoms with Gasteiger partial charge in [-0.3, -0.25) is 0 Å². The number of aromatic carboxylic acids is 1. The summed E-state index contributed by atoms with van der Waals surface area (Å²) in [5.74, 6) is -0.847. The molecule has 15 heavy (non-hydrogen) atoms. The second-order valence-corrected chi connectivity index (χ2v) is 3.87. The third-order valence-corrected chi connectivity index (χ3v) is 2.92. The van der Waals surface area contributed by atoms with Crippen molar-refractivity contribution in [1.82, 2.24) is 5.32 Å². The Labute approximate surface area is 89.1 Å². The number of hydrogen-bond acceptors (Lipinski definition) is 2. The van der Waals surface area contributed by atoms with Crippen LogP contribution in [0.1, 0.15) is 40.9 Å². The van der Waals surface area contributed by atoms with E-state index in [1.54, 1.807) is 12.1 Å². The topological polar surface area (TPSA) is 49.3 Å². The third kappa shape index (κ3) is 1.88. The lowest BCUT2D eigenvalue weighted by Gasteiger charge is -2.12. The Morgan fingerprint density at radius 2 is 2.40 bits per heavy atom. The van der Waals surface area contributed by atoms with E-state index < -0.39 is 5.97 Å². The first-order chi connectivity index (χ1) is 7.22. The molecule has 3 nitrogen and oxygen atoms in total. The van der Waals surface area contributed by atoms with Gasteiger partial charge in [0.1, 0.15) is 0 Å². The molecule has 0 aliphatic heterocycles. The Kier molecular flexibility index (Phi) is 2.73. The van der Waals surface area contributed by atoms with Gasteiger partial charge in [0, 0.05) is 6.04 Å². The normalized spacial score (nSPS) is 18.9. The summed E-state index contributed by atoms with van der Waals surface area (Å²) in [4.78, 5) is 10.8. The lowest BCUT2D eigenvalue weighted by atomic mass is 10.0. The lowest BCUT2D eigenvalue weighted by Crippen LogP contribution is -2.18. The molecular formula is C12H15NO2. The molecule has 1 aromatic carbocycles. The SMILES string of the molecule is CCNC1CCc2ccc(C(=O)O)cc21. The quantitative estimate of drug-likeness (QED) is 0.793. The molecule has 0 bridgehead atoms. The predicted octanol–water partition coefficient (Wildman–Crippen LogP) is 1.98. The fraction of sp³-hybridized carbons (Fsp3) is 0.417. The Bertz CT molecular complexity index is 385. The zero-order chi connectivity index (χ0) is 10.8. The fourth-order valence-electron chi connectivity index (χ4n) is 2.19. The summed E-state index contributed by atoms with van der Waals surface area (Å²) in [6.45, 7) is 2.99. The Hall–Kier alpha value is -1.35. The van der Waals surface area contributed by atoms with Crippen LogP contribution in [0.2, 0.25) is 0 Å². The molecule has 2 N–H and O–H groups in total. The van der Waals surface area contributed by atoms with Gasteiger partial charge in [-0.1, -0.05) is 13.0 Å². The maximum Gasteiger partial charge on any atom is 0.335 e. The third-order valence-electron chi connectivity index (χ3n) is 2.92. The smallest absolute Gasteiger partial charge is 0.335 e. The van der Waals surface area contributed by atoms with Gasteiger partial charge in [-0.2, -0.15) is 0 Å². The standard InChI is InChI=1S/C12H15NO2/c1-2-13-11-6-5-8-3-4-9(12(14)15)7-10(8)11/h3-4,7,11,13H,2,5-6H2,1H3,(H,14,15). The van der Waals surface area contributed by atoms with Crippen LogP contribution in [-0.2, 0) is 6.42 Å². The van der Waals surface area contributed by atoms with Gasteiger partial charge in [0.2, 0.25) is 0 Å². The molecule has 0 heterocycles.